The molecule has 0 unspecified atom stereocenters. The van der Waals surface area contributed by atoms with Gasteiger partial charge in [0.2, 0.25) is 10.0 Å². The molecule has 3 nitrogen and oxygen atoms in total. The summed E-state index contributed by atoms with van der Waals surface area (Å²) >= 11 is 0. The number of benzene rings is 2. The summed E-state index contributed by atoms with van der Waals surface area (Å²) in [6.07, 6.45) is 1.23. The van der Waals surface area contributed by atoms with Crippen molar-refractivity contribution in [3.63, 3.8) is 0 Å². The molecule has 0 amide bonds. The standard InChI is InChI=1S/C16H17F2NO2S/c1-12-11-15(18)8-9-16(12)22(20,21)19-10-2-3-13-4-6-14(17)7-5-13/h4-9,11,19H,2-3,10H2,1H3. The third-order valence-electron chi connectivity index (χ3n) is 3.27. The van der Waals surface area contributed by atoms with Crippen LogP contribution in [0.25, 0.3) is 0 Å². The molecule has 6 heteroatoms. The molecule has 22 heavy (non-hydrogen) atoms. The van der Waals surface area contributed by atoms with E-state index in [9.17, 15) is 17.2 Å². The van der Waals surface area contributed by atoms with Gasteiger partial charge in [0.15, 0.2) is 0 Å². The predicted molar refractivity (Wildman–Crippen MR) is 81.0 cm³/mol. The fraction of sp³-hybridized carbons (Fsp3) is 0.250. The highest BCUT2D eigenvalue weighted by molar-refractivity contribution is 7.89. The summed E-state index contributed by atoms with van der Waals surface area (Å²) in [5, 5.41) is 0. The van der Waals surface area contributed by atoms with E-state index in [0.29, 0.717) is 18.4 Å². The summed E-state index contributed by atoms with van der Waals surface area (Å²) in [5.74, 6) is -0.760. The highest BCUT2D eigenvalue weighted by atomic mass is 32.2. The van der Waals surface area contributed by atoms with Crippen LogP contribution in [0.1, 0.15) is 17.5 Å². The Balaban J connectivity index is 1.91. The van der Waals surface area contributed by atoms with E-state index in [2.05, 4.69) is 4.72 Å². The van der Waals surface area contributed by atoms with Crippen molar-refractivity contribution in [2.24, 2.45) is 0 Å². The minimum Gasteiger partial charge on any atom is -0.211 e. The van der Waals surface area contributed by atoms with Gasteiger partial charge in [-0.25, -0.2) is 21.9 Å². The lowest BCUT2D eigenvalue weighted by atomic mass is 10.1. The van der Waals surface area contributed by atoms with E-state index in [1.807, 2.05) is 0 Å². The SMILES string of the molecule is Cc1cc(F)ccc1S(=O)(=O)NCCCc1ccc(F)cc1. The Hall–Kier alpha value is -1.79. The van der Waals surface area contributed by atoms with Crippen molar-refractivity contribution in [1.82, 2.24) is 4.72 Å². The molecule has 118 valence electrons. The number of rotatable bonds is 6. The van der Waals surface area contributed by atoms with E-state index in [1.54, 1.807) is 19.1 Å². The maximum Gasteiger partial charge on any atom is 0.240 e. The first-order valence-electron chi connectivity index (χ1n) is 6.89. The van der Waals surface area contributed by atoms with Crippen molar-refractivity contribution in [1.29, 1.82) is 0 Å². The Bertz CT molecular complexity index is 743. The molecule has 0 atom stereocenters. The number of hydrogen-bond donors (Lipinski definition) is 1. The van der Waals surface area contributed by atoms with Gasteiger partial charge in [-0.1, -0.05) is 12.1 Å². The molecule has 0 aliphatic carbocycles. The minimum absolute atomic E-state index is 0.0793. The van der Waals surface area contributed by atoms with Gasteiger partial charge in [0, 0.05) is 6.54 Å². The van der Waals surface area contributed by atoms with E-state index in [4.69, 9.17) is 0 Å². The monoisotopic (exact) mass is 325 g/mol. The van der Waals surface area contributed by atoms with Crippen molar-refractivity contribution in [3.05, 3.63) is 65.2 Å². The van der Waals surface area contributed by atoms with E-state index < -0.39 is 15.8 Å². The van der Waals surface area contributed by atoms with Crippen LogP contribution in [0.2, 0.25) is 0 Å². The Kier molecular flexibility index (Phi) is 5.26. The van der Waals surface area contributed by atoms with Gasteiger partial charge in [-0.3, -0.25) is 0 Å². The van der Waals surface area contributed by atoms with Gasteiger partial charge in [0.05, 0.1) is 4.90 Å². The van der Waals surface area contributed by atoms with Crippen LogP contribution in [0.5, 0.6) is 0 Å². The van der Waals surface area contributed by atoms with E-state index in [0.717, 1.165) is 11.6 Å². The van der Waals surface area contributed by atoms with Crippen LogP contribution in [0.15, 0.2) is 47.4 Å². The maximum atomic E-state index is 13.0. The molecule has 0 saturated heterocycles. The van der Waals surface area contributed by atoms with Crippen LogP contribution < -0.4 is 4.72 Å². The fourth-order valence-corrected chi connectivity index (χ4v) is 3.44. The third kappa shape index (κ3) is 4.35. The van der Waals surface area contributed by atoms with Gasteiger partial charge in [0.1, 0.15) is 11.6 Å². The van der Waals surface area contributed by atoms with Crippen LogP contribution in [-0.4, -0.2) is 15.0 Å². The minimum atomic E-state index is -3.65. The zero-order chi connectivity index (χ0) is 16.2. The lowest BCUT2D eigenvalue weighted by molar-refractivity contribution is 0.577. The van der Waals surface area contributed by atoms with Gasteiger partial charge in [-0.2, -0.15) is 0 Å². The van der Waals surface area contributed by atoms with Crippen molar-refractivity contribution >= 4 is 10.0 Å². The number of nitrogens with one attached hydrogen (secondary N) is 1. The van der Waals surface area contributed by atoms with Crippen LogP contribution in [0.3, 0.4) is 0 Å². The molecule has 1 N–H and O–H groups in total. The Morgan fingerprint density at radius 3 is 2.27 bits per heavy atom. The average Bonchev–Trinajstić information content (AvgIpc) is 2.45. The highest BCUT2D eigenvalue weighted by Crippen LogP contribution is 2.16. The first kappa shape index (κ1) is 16.6. The molecule has 2 rings (SSSR count). The van der Waals surface area contributed by atoms with E-state index in [-0.39, 0.29) is 17.3 Å². The second kappa shape index (κ2) is 6.98. The number of hydrogen-bond acceptors (Lipinski definition) is 2. The molecule has 0 aliphatic heterocycles. The summed E-state index contributed by atoms with van der Waals surface area (Å²) in [6, 6.07) is 9.67. The quantitative estimate of drug-likeness (QED) is 0.829. The molecule has 0 aliphatic rings. The molecular formula is C16H17F2NO2S. The average molecular weight is 325 g/mol. The second-order valence-corrected chi connectivity index (χ2v) is 6.77. The molecule has 2 aromatic carbocycles. The summed E-state index contributed by atoms with van der Waals surface area (Å²) < 4.78 is 52.6. The summed E-state index contributed by atoms with van der Waals surface area (Å²) in [5.41, 5.74) is 1.31. The molecule has 0 saturated carbocycles. The zero-order valence-corrected chi connectivity index (χ0v) is 13.0. The smallest absolute Gasteiger partial charge is 0.211 e. The van der Waals surface area contributed by atoms with Gasteiger partial charge in [-0.15, -0.1) is 0 Å². The van der Waals surface area contributed by atoms with Gasteiger partial charge in [-0.05, 0) is 61.2 Å². The predicted octanol–water partition coefficient (Wildman–Crippen LogP) is 3.18. The summed E-state index contributed by atoms with van der Waals surface area (Å²) in [7, 11) is -3.65. The molecule has 0 aromatic heterocycles. The molecule has 0 heterocycles. The molecule has 2 aromatic rings. The van der Waals surface area contributed by atoms with Crippen molar-refractivity contribution in [3.8, 4) is 0 Å². The molecule has 0 radical (unpaired) electrons. The van der Waals surface area contributed by atoms with Crippen LogP contribution in [0.4, 0.5) is 8.78 Å². The summed E-state index contributed by atoms with van der Waals surface area (Å²) in [4.78, 5) is 0.0793. The normalized spacial score (nSPS) is 11.6. The largest absolute Gasteiger partial charge is 0.240 e. The van der Waals surface area contributed by atoms with Crippen molar-refractivity contribution < 1.29 is 17.2 Å². The number of halogens is 2. The van der Waals surface area contributed by atoms with Crippen molar-refractivity contribution in [2.45, 2.75) is 24.7 Å². The Labute approximate surface area is 129 Å². The van der Waals surface area contributed by atoms with E-state index >= 15 is 0 Å². The Morgan fingerprint density at radius 1 is 1.00 bits per heavy atom. The lowest BCUT2D eigenvalue weighted by Gasteiger charge is -2.09. The van der Waals surface area contributed by atoms with Crippen LogP contribution >= 0.6 is 0 Å². The lowest BCUT2D eigenvalue weighted by Crippen LogP contribution is -2.25. The second-order valence-electron chi connectivity index (χ2n) is 5.04. The number of sulfonamides is 1. The first-order valence-corrected chi connectivity index (χ1v) is 8.37. The maximum absolute atomic E-state index is 13.0. The van der Waals surface area contributed by atoms with Crippen LogP contribution in [0, 0.1) is 18.6 Å². The first-order chi connectivity index (χ1) is 10.4. The van der Waals surface area contributed by atoms with Gasteiger partial charge >= 0.3 is 0 Å². The number of aryl methyl sites for hydroxylation is 2. The fourth-order valence-electron chi connectivity index (χ4n) is 2.14. The summed E-state index contributed by atoms with van der Waals surface area (Å²) in [6.45, 7) is 1.81. The van der Waals surface area contributed by atoms with Crippen LogP contribution in [-0.2, 0) is 16.4 Å². The third-order valence-corrected chi connectivity index (χ3v) is 4.90. The topological polar surface area (TPSA) is 46.2 Å². The highest BCUT2D eigenvalue weighted by Gasteiger charge is 2.16. The molecule has 0 fully saturated rings. The van der Waals surface area contributed by atoms with Gasteiger partial charge < -0.3 is 0 Å². The Morgan fingerprint density at radius 2 is 1.64 bits per heavy atom. The van der Waals surface area contributed by atoms with E-state index in [1.165, 1.54) is 24.3 Å². The molecule has 0 bridgehead atoms. The molecular weight excluding hydrogens is 308 g/mol. The van der Waals surface area contributed by atoms with Gasteiger partial charge in [0.25, 0.3) is 0 Å². The van der Waals surface area contributed by atoms with Crippen molar-refractivity contribution in [2.75, 3.05) is 6.54 Å². The zero-order valence-electron chi connectivity index (χ0n) is 12.1. The molecule has 0 spiro atoms.